The molecule has 2 heterocycles. The highest BCUT2D eigenvalue weighted by Gasteiger charge is 2.36. The Kier molecular flexibility index (Phi) is 3.18. The van der Waals surface area contributed by atoms with Crippen LogP contribution in [0.4, 0.5) is 0 Å². The quantitative estimate of drug-likeness (QED) is 0.886. The first-order valence-electron chi connectivity index (χ1n) is 5.89. The molecule has 6 heteroatoms. The number of fused-ring (bicyclic) bond motifs is 1. The number of hydrogen-bond donors (Lipinski definition) is 2. The van der Waals surface area contributed by atoms with Crippen molar-refractivity contribution in [3.63, 3.8) is 0 Å². The van der Waals surface area contributed by atoms with E-state index in [2.05, 4.69) is 4.72 Å². The zero-order valence-corrected chi connectivity index (χ0v) is 11.6. The van der Waals surface area contributed by atoms with Gasteiger partial charge in [-0.2, -0.15) is 0 Å². The molecule has 0 aliphatic carbocycles. The molecule has 2 aromatic rings. The van der Waals surface area contributed by atoms with Gasteiger partial charge >= 0.3 is 0 Å². The maximum Gasteiger partial charge on any atom is 0.241 e. The predicted molar refractivity (Wildman–Crippen MR) is 73.5 cm³/mol. The van der Waals surface area contributed by atoms with Gasteiger partial charge in [0, 0.05) is 16.9 Å². The zero-order valence-electron chi connectivity index (χ0n) is 9.98. The molecule has 4 nitrogen and oxygen atoms in total. The first-order valence-corrected chi connectivity index (χ1v) is 8.26. The Hall–Kier alpha value is -1.21. The lowest BCUT2D eigenvalue weighted by Crippen LogP contribution is -2.45. The van der Waals surface area contributed by atoms with Gasteiger partial charge in [-0.25, -0.2) is 13.1 Å². The fourth-order valence-corrected chi connectivity index (χ4v) is 4.57. The summed E-state index contributed by atoms with van der Waals surface area (Å²) in [6.45, 7) is 0. The Morgan fingerprint density at radius 3 is 2.74 bits per heavy atom. The predicted octanol–water partition coefficient (Wildman–Crippen LogP) is 1.68. The van der Waals surface area contributed by atoms with E-state index in [0.717, 1.165) is 4.88 Å². The molecule has 100 valence electrons. The van der Waals surface area contributed by atoms with Crippen LogP contribution in [0.15, 0.2) is 46.7 Å². The van der Waals surface area contributed by atoms with Gasteiger partial charge in [0.25, 0.3) is 0 Å². The molecule has 19 heavy (non-hydrogen) atoms. The van der Waals surface area contributed by atoms with Crippen molar-refractivity contribution in [3.8, 4) is 0 Å². The lowest BCUT2D eigenvalue weighted by Gasteiger charge is -2.30. The van der Waals surface area contributed by atoms with E-state index in [1.54, 1.807) is 29.5 Å². The Morgan fingerprint density at radius 1 is 1.21 bits per heavy atom. The summed E-state index contributed by atoms with van der Waals surface area (Å²) >= 11 is 1.55. The summed E-state index contributed by atoms with van der Waals surface area (Å²) < 4.78 is 26.8. The van der Waals surface area contributed by atoms with Crippen molar-refractivity contribution >= 4 is 21.4 Å². The summed E-state index contributed by atoms with van der Waals surface area (Å²) in [5.41, 5.74) is 0.475. The normalized spacial score (nSPS) is 24.9. The number of nitrogens with one attached hydrogen (secondary N) is 1. The summed E-state index contributed by atoms with van der Waals surface area (Å²) in [5.74, 6) is 0. The molecule has 2 unspecified atom stereocenters. The molecule has 0 fully saturated rings. The van der Waals surface area contributed by atoms with Crippen LogP contribution in [0.2, 0.25) is 0 Å². The standard InChI is InChI=1S/C13H13NO3S2/c15-13-10-5-1-2-6-12(10)19(16,17)14-11(13)8-9-4-3-7-18-9/h1-7,11,13-15H,8H2. The van der Waals surface area contributed by atoms with E-state index in [0.29, 0.717) is 12.0 Å². The molecular weight excluding hydrogens is 282 g/mol. The minimum absolute atomic E-state index is 0.171. The first-order chi connectivity index (χ1) is 9.08. The summed E-state index contributed by atoms with van der Waals surface area (Å²) in [6, 6.07) is 9.92. The third-order valence-electron chi connectivity index (χ3n) is 3.22. The van der Waals surface area contributed by atoms with Crippen LogP contribution < -0.4 is 4.72 Å². The molecule has 0 bridgehead atoms. The van der Waals surface area contributed by atoms with Crippen molar-refractivity contribution in [1.82, 2.24) is 4.72 Å². The smallest absolute Gasteiger partial charge is 0.241 e. The number of thiophene rings is 1. The van der Waals surface area contributed by atoms with E-state index in [9.17, 15) is 13.5 Å². The highest BCUT2D eigenvalue weighted by molar-refractivity contribution is 7.89. The third kappa shape index (κ3) is 2.32. The Balaban J connectivity index is 1.99. The molecule has 2 atom stereocenters. The van der Waals surface area contributed by atoms with E-state index in [-0.39, 0.29) is 4.90 Å². The molecule has 0 radical (unpaired) electrons. The van der Waals surface area contributed by atoms with Crippen LogP contribution in [0.25, 0.3) is 0 Å². The number of aliphatic hydroxyl groups excluding tert-OH is 1. The Bertz CT molecular complexity index is 680. The molecule has 0 spiro atoms. The third-order valence-corrected chi connectivity index (χ3v) is 5.68. The van der Waals surface area contributed by atoms with Gasteiger partial charge in [0.05, 0.1) is 17.0 Å². The van der Waals surface area contributed by atoms with Crippen LogP contribution in [0.1, 0.15) is 16.5 Å². The zero-order chi connectivity index (χ0) is 13.5. The summed E-state index contributed by atoms with van der Waals surface area (Å²) in [6.07, 6.45) is -0.325. The maximum absolute atomic E-state index is 12.1. The molecule has 1 aromatic heterocycles. The number of hydrogen-bond acceptors (Lipinski definition) is 4. The molecule has 1 aromatic carbocycles. The second-order valence-electron chi connectivity index (χ2n) is 4.49. The van der Waals surface area contributed by atoms with Crippen LogP contribution in [0.3, 0.4) is 0 Å². The lowest BCUT2D eigenvalue weighted by atomic mass is 9.99. The molecule has 1 aliphatic heterocycles. The second-order valence-corrected chi connectivity index (χ2v) is 7.21. The molecule has 1 aliphatic rings. The van der Waals surface area contributed by atoms with Crippen molar-refractivity contribution in [2.45, 2.75) is 23.5 Å². The summed E-state index contributed by atoms with van der Waals surface area (Å²) in [4.78, 5) is 1.22. The van der Waals surface area contributed by atoms with Crippen LogP contribution in [0, 0.1) is 0 Å². The van der Waals surface area contributed by atoms with Gasteiger partial charge in [-0.3, -0.25) is 0 Å². The fraction of sp³-hybridized carbons (Fsp3) is 0.231. The molecule has 0 saturated carbocycles. The maximum atomic E-state index is 12.1. The van der Waals surface area contributed by atoms with E-state index >= 15 is 0 Å². The van der Waals surface area contributed by atoms with Crippen LogP contribution in [0.5, 0.6) is 0 Å². The van der Waals surface area contributed by atoms with Crippen molar-refractivity contribution < 1.29 is 13.5 Å². The number of rotatable bonds is 2. The SMILES string of the molecule is O=S1(=O)NC(Cc2cccs2)C(O)c2ccccc21. The Morgan fingerprint density at radius 2 is 2.00 bits per heavy atom. The van der Waals surface area contributed by atoms with Gasteiger partial charge in [0.1, 0.15) is 0 Å². The van der Waals surface area contributed by atoms with Crippen molar-refractivity contribution in [2.75, 3.05) is 0 Å². The van der Waals surface area contributed by atoms with Gasteiger partial charge in [-0.05, 0) is 17.5 Å². The monoisotopic (exact) mass is 295 g/mol. The molecule has 2 N–H and O–H groups in total. The van der Waals surface area contributed by atoms with E-state index in [1.165, 1.54) is 6.07 Å². The second kappa shape index (κ2) is 4.72. The average Bonchev–Trinajstić information content (AvgIpc) is 2.88. The number of sulfonamides is 1. The molecular formula is C13H13NO3S2. The van der Waals surface area contributed by atoms with E-state index < -0.39 is 22.2 Å². The van der Waals surface area contributed by atoms with Crippen molar-refractivity contribution in [3.05, 3.63) is 52.2 Å². The van der Waals surface area contributed by atoms with Gasteiger partial charge in [-0.15, -0.1) is 11.3 Å². The van der Waals surface area contributed by atoms with Crippen molar-refractivity contribution in [1.29, 1.82) is 0 Å². The summed E-state index contributed by atoms with van der Waals surface area (Å²) in [7, 11) is -3.53. The molecule has 0 saturated heterocycles. The average molecular weight is 295 g/mol. The fourth-order valence-electron chi connectivity index (χ4n) is 2.31. The van der Waals surface area contributed by atoms with Gasteiger partial charge in [0.2, 0.25) is 10.0 Å². The van der Waals surface area contributed by atoms with E-state index in [4.69, 9.17) is 0 Å². The highest BCUT2D eigenvalue weighted by atomic mass is 32.2. The topological polar surface area (TPSA) is 66.4 Å². The first kappa shape index (κ1) is 12.8. The Labute approximate surface area is 115 Å². The van der Waals surface area contributed by atoms with Crippen LogP contribution in [-0.2, 0) is 16.4 Å². The van der Waals surface area contributed by atoms with Gasteiger partial charge in [-0.1, -0.05) is 24.3 Å². The lowest BCUT2D eigenvalue weighted by molar-refractivity contribution is 0.132. The largest absolute Gasteiger partial charge is 0.387 e. The molecule has 0 amide bonds. The molecule has 3 rings (SSSR count). The minimum atomic E-state index is -3.53. The van der Waals surface area contributed by atoms with Crippen molar-refractivity contribution in [2.24, 2.45) is 0 Å². The highest BCUT2D eigenvalue weighted by Crippen LogP contribution is 2.32. The van der Waals surface area contributed by atoms with Crippen LogP contribution in [-0.4, -0.2) is 19.6 Å². The number of aliphatic hydroxyl groups is 1. The number of benzene rings is 1. The minimum Gasteiger partial charge on any atom is -0.387 e. The summed E-state index contributed by atoms with van der Waals surface area (Å²) in [5, 5.41) is 12.3. The van der Waals surface area contributed by atoms with E-state index in [1.807, 2.05) is 17.5 Å². The van der Waals surface area contributed by atoms with Gasteiger partial charge in [0.15, 0.2) is 0 Å². The van der Waals surface area contributed by atoms with Gasteiger partial charge < -0.3 is 5.11 Å². The van der Waals surface area contributed by atoms with Crippen LogP contribution >= 0.6 is 11.3 Å².